The van der Waals surface area contributed by atoms with Crippen molar-refractivity contribution in [2.75, 3.05) is 20.8 Å². The molecule has 1 aliphatic rings. The molecule has 1 aromatic heterocycles. The Kier molecular flexibility index (Phi) is 15.8. The zero-order valence-corrected chi connectivity index (χ0v) is 30.3. The highest BCUT2D eigenvalue weighted by atomic mass is 16.5. The van der Waals surface area contributed by atoms with Gasteiger partial charge < -0.3 is 25.4 Å². The summed E-state index contributed by atoms with van der Waals surface area (Å²) in [5.74, 6) is -5.04. The quantitative estimate of drug-likeness (QED) is 0.121. The molecule has 51 heavy (non-hydrogen) atoms. The van der Waals surface area contributed by atoms with Crippen LogP contribution in [0.15, 0.2) is 54.7 Å². The second kappa shape index (κ2) is 20.0. The molecule has 5 amide bonds. The van der Waals surface area contributed by atoms with E-state index >= 15 is 0 Å². The van der Waals surface area contributed by atoms with Gasteiger partial charge in [-0.1, -0.05) is 83.4 Å². The number of rotatable bonds is 15. The zero-order valence-electron chi connectivity index (χ0n) is 30.3. The van der Waals surface area contributed by atoms with Crippen molar-refractivity contribution in [3.63, 3.8) is 0 Å². The first-order valence-corrected chi connectivity index (χ1v) is 17.5. The number of Topliss-reactive ketones (excluding diaryl/α,β-unsaturated/α-hetero) is 1. The number of methoxy groups -OCH3 is 2. The summed E-state index contributed by atoms with van der Waals surface area (Å²) in [4.78, 5) is 85.8. The molecule has 14 heteroatoms. The van der Waals surface area contributed by atoms with Gasteiger partial charge in [-0.05, 0) is 54.7 Å². The molecule has 1 unspecified atom stereocenters. The fourth-order valence-electron chi connectivity index (χ4n) is 6.16. The SMILES string of the molecule is COC(=O)N[C@H](C(=O)N[C@@H](Cc1ccccc1)C(C(=O)c1ccccn1)C(=O)N(CC1CCCCC1)NC(=O)[C@@H](NC(=O)OC)C(C)C)C(C)C. The molecule has 14 nitrogen and oxygen atoms in total. The number of amides is 5. The monoisotopic (exact) mass is 708 g/mol. The van der Waals surface area contributed by atoms with E-state index in [0.29, 0.717) is 0 Å². The Morgan fingerprint density at radius 1 is 0.765 bits per heavy atom. The summed E-state index contributed by atoms with van der Waals surface area (Å²) in [5, 5.41) is 9.13. The standard InChI is InChI=1S/C37H52N6O8/c1-23(2)30(40-36(48)50-5)33(45)39-28(21-25-15-9-7-10-16-25)29(32(44)27-19-13-14-20-38-27)35(47)43(22-26-17-11-8-12-18-26)42-34(46)31(24(3)4)41-37(49)51-6/h7,9-10,13-16,19-20,23-24,26,28-31H,8,11-12,17-18,21-22H2,1-6H3,(H,39,45)(H,40,48)(H,41,49)(H,42,46)/t28-,29?,30-,31-/m0/s1. The normalized spacial score (nSPS) is 15.5. The number of hydrazine groups is 1. The van der Waals surface area contributed by atoms with Gasteiger partial charge in [-0.2, -0.15) is 0 Å². The maximum absolute atomic E-state index is 15.0. The number of alkyl carbamates (subject to hydrolysis) is 2. The molecule has 0 bridgehead atoms. The second-order valence-corrected chi connectivity index (χ2v) is 13.5. The van der Waals surface area contributed by atoms with E-state index in [9.17, 15) is 28.8 Å². The maximum atomic E-state index is 15.0. The Morgan fingerprint density at radius 3 is 1.86 bits per heavy atom. The molecule has 2 aromatic rings. The number of nitrogens with one attached hydrogen (secondary N) is 4. The van der Waals surface area contributed by atoms with Gasteiger partial charge in [0.05, 0.1) is 20.3 Å². The van der Waals surface area contributed by atoms with Gasteiger partial charge >= 0.3 is 12.2 Å². The Hall–Kier alpha value is -5.01. The third-order valence-corrected chi connectivity index (χ3v) is 8.99. The summed E-state index contributed by atoms with van der Waals surface area (Å²) in [6.07, 6.45) is 4.43. The van der Waals surface area contributed by atoms with Gasteiger partial charge in [0.25, 0.3) is 11.8 Å². The fraction of sp³-hybridized carbons (Fsp3) is 0.541. The van der Waals surface area contributed by atoms with Crippen molar-refractivity contribution in [2.24, 2.45) is 23.7 Å². The van der Waals surface area contributed by atoms with Crippen molar-refractivity contribution in [1.82, 2.24) is 31.4 Å². The van der Waals surface area contributed by atoms with Gasteiger partial charge in [-0.15, -0.1) is 0 Å². The van der Waals surface area contributed by atoms with Crippen LogP contribution in [0, 0.1) is 23.7 Å². The molecule has 0 spiro atoms. The minimum absolute atomic E-state index is 0.00684. The molecule has 1 aliphatic carbocycles. The van der Waals surface area contributed by atoms with Gasteiger partial charge in [-0.3, -0.25) is 34.6 Å². The first-order chi connectivity index (χ1) is 24.4. The highest BCUT2D eigenvalue weighted by Crippen LogP contribution is 2.26. The summed E-state index contributed by atoms with van der Waals surface area (Å²) in [5.41, 5.74) is 3.44. The molecule has 1 heterocycles. The van der Waals surface area contributed by atoms with E-state index in [-0.39, 0.29) is 36.4 Å². The Bertz CT molecular complexity index is 1470. The number of benzene rings is 1. The minimum Gasteiger partial charge on any atom is -0.453 e. The summed E-state index contributed by atoms with van der Waals surface area (Å²) in [7, 11) is 2.37. The van der Waals surface area contributed by atoms with Crippen molar-refractivity contribution in [1.29, 1.82) is 0 Å². The third kappa shape index (κ3) is 12.1. The Balaban J connectivity index is 2.14. The molecule has 278 valence electrons. The summed E-state index contributed by atoms with van der Waals surface area (Å²) < 4.78 is 9.47. The lowest BCUT2D eigenvalue weighted by atomic mass is 9.85. The van der Waals surface area contributed by atoms with Gasteiger partial charge in [0.2, 0.25) is 5.91 Å². The van der Waals surface area contributed by atoms with E-state index in [1.54, 1.807) is 52.0 Å². The number of ketones is 1. The van der Waals surface area contributed by atoms with Crippen LogP contribution >= 0.6 is 0 Å². The smallest absolute Gasteiger partial charge is 0.407 e. The van der Waals surface area contributed by atoms with Crippen LogP contribution in [0.4, 0.5) is 9.59 Å². The summed E-state index contributed by atoms with van der Waals surface area (Å²) >= 11 is 0. The predicted octanol–water partition coefficient (Wildman–Crippen LogP) is 3.81. The summed E-state index contributed by atoms with van der Waals surface area (Å²) in [6, 6.07) is 10.5. The van der Waals surface area contributed by atoms with Crippen LogP contribution < -0.4 is 21.4 Å². The van der Waals surface area contributed by atoms with E-state index in [1.807, 2.05) is 18.2 Å². The van der Waals surface area contributed by atoms with Crippen molar-refractivity contribution in [3.05, 3.63) is 66.0 Å². The van der Waals surface area contributed by atoms with Crippen molar-refractivity contribution >= 4 is 35.7 Å². The number of aromatic nitrogens is 1. The molecular formula is C37H52N6O8. The average molecular weight is 709 g/mol. The average Bonchev–Trinajstić information content (AvgIpc) is 3.12. The summed E-state index contributed by atoms with van der Waals surface area (Å²) in [6.45, 7) is 7.05. The van der Waals surface area contributed by atoms with Crippen molar-refractivity contribution in [2.45, 2.75) is 84.3 Å². The highest BCUT2D eigenvalue weighted by Gasteiger charge is 2.42. The van der Waals surface area contributed by atoms with Crippen LogP contribution in [0.1, 0.15) is 75.9 Å². The minimum atomic E-state index is -1.56. The van der Waals surface area contributed by atoms with Gasteiger partial charge in [0, 0.05) is 12.7 Å². The highest BCUT2D eigenvalue weighted by molar-refractivity contribution is 6.10. The number of ether oxygens (including phenoxy) is 2. The zero-order chi connectivity index (χ0) is 37.5. The Labute approximate surface area is 299 Å². The molecule has 1 saturated carbocycles. The number of nitrogens with zero attached hydrogens (tertiary/aromatic N) is 2. The van der Waals surface area contributed by atoms with E-state index in [1.165, 1.54) is 26.5 Å². The van der Waals surface area contributed by atoms with Gasteiger partial charge in [0.15, 0.2) is 5.78 Å². The Morgan fingerprint density at radius 2 is 1.33 bits per heavy atom. The molecule has 1 aromatic carbocycles. The topological polar surface area (TPSA) is 185 Å². The number of carbonyl (C=O) groups is 6. The molecule has 0 saturated heterocycles. The number of carbonyl (C=O) groups excluding carboxylic acids is 6. The van der Waals surface area contributed by atoms with Gasteiger partial charge in [-0.25, -0.2) is 9.59 Å². The van der Waals surface area contributed by atoms with Crippen molar-refractivity contribution < 1.29 is 38.2 Å². The molecule has 1 fully saturated rings. The van der Waals surface area contributed by atoms with Crippen LogP contribution in [-0.4, -0.2) is 84.6 Å². The van der Waals surface area contributed by atoms with Crippen LogP contribution in [0.2, 0.25) is 0 Å². The van der Waals surface area contributed by atoms with Crippen LogP contribution in [-0.2, 0) is 30.3 Å². The third-order valence-electron chi connectivity index (χ3n) is 8.99. The number of hydrogen-bond donors (Lipinski definition) is 4. The van der Waals surface area contributed by atoms with E-state index in [2.05, 4.69) is 26.4 Å². The lowest BCUT2D eigenvalue weighted by Gasteiger charge is -2.36. The second-order valence-electron chi connectivity index (χ2n) is 13.5. The van der Waals surface area contributed by atoms with E-state index in [0.717, 1.165) is 42.7 Å². The molecule has 4 N–H and O–H groups in total. The molecule has 4 atom stereocenters. The molecule has 3 rings (SSSR count). The predicted molar refractivity (Wildman–Crippen MR) is 189 cm³/mol. The maximum Gasteiger partial charge on any atom is 0.407 e. The van der Waals surface area contributed by atoms with E-state index < -0.39 is 59.7 Å². The fourth-order valence-corrected chi connectivity index (χ4v) is 6.16. The number of hydrogen-bond acceptors (Lipinski definition) is 9. The van der Waals surface area contributed by atoms with E-state index in [4.69, 9.17) is 9.47 Å². The molecule has 0 aliphatic heterocycles. The van der Waals surface area contributed by atoms with Gasteiger partial charge in [0.1, 0.15) is 23.7 Å². The molecular weight excluding hydrogens is 656 g/mol. The van der Waals surface area contributed by atoms with Crippen LogP contribution in [0.3, 0.4) is 0 Å². The first-order valence-electron chi connectivity index (χ1n) is 17.5. The van der Waals surface area contributed by atoms with Crippen LogP contribution in [0.5, 0.6) is 0 Å². The largest absolute Gasteiger partial charge is 0.453 e. The molecule has 0 radical (unpaired) electrons. The van der Waals surface area contributed by atoms with Crippen molar-refractivity contribution in [3.8, 4) is 0 Å². The van der Waals surface area contributed by atoms with Crippen LogP contribution in [0.25, 0.3) is 0 Å². The lowest BCUT2D eigenvalue weighted by Crippen LogP contribution is -2.61. The first kappa shape index (κ1) is 40.4. The lowest BCUT2D eigenvalue weighted by molar-refractivity contribution is -0.146. The number of pyridine rings is 1.